The van der Waals surface area contributed by atoms with E-state index in [1.54, 1.807) is 12.1 Å². The van der Waals surface area contributed by atoms with Gasteiger partial charge in [-0.1, -0.05) is 42.5 Å². The molecule has 0 unspecified atom stereocenters. The molecule has 0 saturated carbocycles. The number of halogens is 3. The van der Waals surface area contributed by atoms with E-state index in [4.69, 9.17) is 0 Å². The molecule has 9 heteroatoms. The van der Waals surface area contributed by atoms with Crippen molar-refractivity contribution in [2.24, 2.45) is 0 Å². The van der Waals surface area contributed by atoms with Gasteiger partial charge in [-0.05, 0) is 60.4 Å². The minimum absolute atomic E-state index is 0.0996. The average molecular weight is 477 g/mol. The van der Waals surface area contributed by atoms with Gasteiger partial charge in [0.25, 0.3) is 0 Å². The van der Waals surface area contributed by atoms with Crippen LogP contribution in [-0.4, -0.2) is 20.9 Å². The number of hydrogen-bond donors (Lipinski definition) is 2. The molecule has 3 aromatic carbocycles. The number of alkyl halides is 3. The quantitative estimate of drug-likeness (QED) is 0.466. The predicted octanol–water partition coefficient (Wildman–Crippen LogP) is 4.80. The molecule has 0 saturated heterocycles. The van der Waals surface area contributed by atoms with E-state index < -0.39 is 21.8 Å². The number of aryl methyl sites for hydroxylation is 1. The minimum atomic E-state index is -4.43. The molecular weight excluding hydrogens is 453 g/mol. The largest absolute Gasteiger partial charge is 0.416 e. The number of rotatable bonds is 9. The number of carbonyl (C=O) groups excluding carboxylic acids is 1. The Morgan fingerprint density at radius 2 is 1.39 bits per heavy atom. The van der Waals surface area contributed by atoms with Crippen LogP contribution in [0.3, 0.4) is 0 Å². The van der Waals surface area contributed by atoms with Gasteiger partial charge in [0.15, 0.2) is 0 Å². The van der Waals surface area contributed by atoms with Crippen LogP contribution in [0.4, 0.5) is 18.9 Å². The van der Waals surface area contributed by atoms with Gasteiger partial charge in [-0.15, -0.1) is 0 Å². The normalized spacial score (nSPS) is 11.8. The van der Waals surface area contributed by atoms with Gasteiger partial charge in [0, 0.05) is 18.7 Å². The summed E-state index contributed by atoms with van der Waals surface area (Å²) < 4.78 is 65.2. The molecule has 2 N–H and O–H groups in total. The fourth-order valence-electron chi connectivity index (χ4n) is 3.12. The second-order valence-electron chi connectivity index (χ2n) is 7.40. The maximum absolute atomic E-state index is 12.6. The van der Waals surface area contributed by atoms with E-state index >= 15 is 0 Å². The third-order valence-corrected chi connectivity index (χ3v) is 6.40. The van der Waals surface area contributed by atoms with Gasteiger partial charge in [0.2, 0.25) is 15.9 Å². The monoisotopic (exact) mass is 476 g/mol. The molecule has 0 aromatic heterocycles. The molecule has 3 rings (SSSR count). The molecule has 1 amide bonds. The zero-order valence-electron chi connectivity index (χ0n) is 17.6. The number of sulfonamides is 1. The second kappa shape index (κ2) is 10.6. The molecule has 33 heavy (non-hydrogen) atoms. The van der Waals surface area contributed by atoms with E-state index in [0.717, 1.165) is 23.3 Å². The third kappa shape index (κ3) is 7.44. The molecule has 0 bridgehead atoms. The van der Waals surface area contributed by atoms with Crippen molar-refractivity contribution in [3.8, 4) is 0 Å². The number of amides is 1. The molecule has 3 aromatic rings. The van der Waals surface area contributed by atoms with Gasteiger partial charge in [0.05, 0.1) is 10.5 Å². The summed E-state index contributed by atoms with van der Waals surface area (Å²) in [6.07, 6.45) is -3.40. The molecule has 0 aliphatic heterocycles. The van der Waals surface area contributed by atoms with Crippen molar-refractivity contribution in [1.82, 2.24) is 4.72 Å². The van der Waals surface area contributed by atoms with E-state index in [1.807, 2.05) is 30.3 Å². The smallest absolute Gasteiger partial charge is 0.326 e. The summed E-state index contributed by atoms with van der Waals surface area (Å²) in [4.78, 5) is 12.2. The summed E-state index contributed by atoms with van der Waals surface area (Å²) in [5.74, 6) is -0.353. The van der Waals surface area contributed by atoms with Gasteiger partial charge in [-0.3, -0.25) is 4.79 Å². The topological polar surface area (TPSA) is 75.3 Å². The minimum Gasteiger partial charge on any atom is -0.326 e. The Morgan fingerprint density at radius 1 is 0.788 bits per heavy atom. The second-order valence-corrected chi connectivity index (χ2v) is 9.17. The summed E-state index contributed by atoms with van der Waals surface area (Å²) in [7, 11) is -3.64. The molecule has 0 aliphatic rings. The van der Waals surface area contributed by atoms with Crippen molar-refractivity contribution in [3.63, 3.8) is 0 Å². The summed E-state index contributed by atoms with van der Waals surface area (Å²) in [5, 5.41) is 2.55. The van der Waals surface area contributed by atoms with Crippen molar-refractivity contribution in [2.75, 3.05) is 11.9 Å². The third-order valence-electron chi connectivity index (χ3n) is 4.92. The van der Waals surface area contributed by atoms with Gasteiger partial charge in [0.1, 0.15) is 0 Å². The van der Waals surface area contributed by atoms with Crippen LogP contribution in [0.1, 0.15) is 23.1 Å². The Morgan fingerprint density at radius 3 is 2.00 bits per heavy atom. The van der Waals surface area contributed by atoms with Gasteiger partial charge in [-0.2, -0.15) is 13.2 Å². The van der Waals surface area contributed by atoms with Gasteiger partial charge in [-0.25, -0.2) is 13.1 Å². The molecule has 0 spiro atoms. The highest BCUT2D eigenvalue weighted by Gasteiger charge is 2.30. The Balaban J connectivity index is 1.48. The van der Waals surface area contributed by atoms with Crippen LogP contribution in [0.25, 0.3) is 0 Å². The number of anilines is 1. The molecule has 5 nitrogen and oxygen atoms in total. The Kier molecular flexibility index (Phi) is 7.88. The molecule has 0 atom stereocenters. The fourth-order valence-corrected chi connectivity index (χ4v) is 4.15. The molecule has 0 radical (unpaired) electrons. The maximum Gasteiger partial charge on any atom is 0.416 e. The summed E-state index contributed by atoms with van der Waals surface area (Å²) in [5.41, 5.74) is 1.28. The van der Waals surface area contributed by atoms with E-state index in [9.17, 15) is 26.4 Å². The summed E-state index contributed by atoms with van der Waals surface area (Å²) >= 11 is 0. The Bertz CT molecular complexity index is 1160. The Labute approximate surface area is 190 Å². The average Bonchev–Trinajstić information content (AvgIpc) is 2.78. The first-order chi connectivity index (χ1) is 15.6. The van der Waals surface area contributed by atoms with Crippen LogP contribution in [0, 0.1) is 0 Å². The van der Waals surface area contributed by atoms with Crippen molar-refractivity contribution >= 4 is 21.6 Å². The van der Waals surface area contributed by atoms with Crippen LogP contribution < -0.4 is 10.0 Å². The first-order valence-electron chi connectivity index (χ1n) is 10.2. The first kappa shape index (κ1) is 24.5. The highest BCUT2D eigenvalue weighted by molar-refractivity contribution is 7.89. The predicted molar refractivity (Wildman–Crippen MR) is 120 cm³/mol. The lowest BCUT2D eigenvalue weighted by Crippen LogP contribution is -2.26. The zero-order valence-corrected chi connectivity index (χ0v) is 18.4. The summed E-state index contributed by atoms with van der Waals surface area (Å²) in [6, 6.07) is 20.0. The molecule has 0 fully saturated rings. The number of benzene rings is 3. The molecule has 174 valence electrons. The fraction of sp³-hybridized carbons (Fsp3) is 0.208. The standard InChI is InChI=1S/C24H23F3N2O3S/c25-24(26,27)20-9-11-21(12-10-20)29-23(30)15-8-19-6-13-22(14-7-19)33(31,32)28-17-16-18-4-2-1-3-5-18/h1-7,9-14,28H,8,15-17H2,(H,29,30). The highest BCUT2D eigenvalue weighted by atomic mass is 32.2. The molecular formula is C24H23F3N2O3S. The number of nitrogens with one attached hydrogen (secondary N) is 2. The van der Waals surface area contributed by atoms with E-state index in [0.29, 0.717) is 12.8 Å². The van der Waals surface area contributed by atoms with E-state index in [1.165, 1.54) is 24.3 Å². The van der Waals surface area contributed by atoms with Gasteiger partial charge >= 0.3 is 6.18 Å². The van der Waals surface area contributed by atoms with Crippen LogP contribution in [-0.2, 0) is 33.8 Å². The van der Waals surface area contributed by atoms with Crippen LogP contribution in [0.15, 0.2) is 83.8 Å². The zero-order chi connectivity index (χ0) is 23.9. The lowest BCUT2D eigenvalue weighted by Gasteiger charge is -2.09. The van der Waals surface area contributed by atoms with Crippen LogP contribution in [0.2, 0.25) is 0 Å². The van der Waals surface area contributed by atoms with Crippen LogP contribution >= 0.6 is 0 Å². The molecule has 0 heterocycles. The maximum atomic E-state index is 12.6. The lowest BCUT2D eigenvalue weighted by atomic mass is 10.1. The van der Waals surface area contributed by atoms with Crippen LogP contribution in [0.5, 0.6) is 0 Å². The van der Waals surface area contributed by atoms with Crippen molar-refractivity contribution in [3.05, 3.63) is 95.6 Å². The van der Waals surface area contributed by atoms with Crippen molar-refractivity contribution in [1.29, 1.82) is 0 Å². The SMILES string of the molecule is O=C(CCc1ccc(S(=O)(=O)NCCc2ccccc2)cc1)Nc1ccc(C(F)(F)F)cc1. The number of hydrogen-bond acceptors (Lipinski definition) is 3. The highest BCUT2D eigenvalue weighted by Crippen LogP contribution is 2.29. The van der Waals surface area contributed by atoms with E-state index in [-0.39, 0.29) is 29.5 Å². The lowest BCUT2D eigenvalue weighted by molar-refractivity contribution is -0.137. The van der Waals surface area contributed by atoms with Crippen molar-refractivity contribution in [2.45, 2.75) is 30.3 Å². The first-order valence-corrected chi connectivity index (χ1v) is 11.7. The number of carbonyl (C=O) groups is 1. The Hall–Kier alpha value is -3.17. The van der Waals surface area contributed by atoms with E-state index in [2.05, 4.69) is 10.0 Å². The van der Waals surface area contributed by atoms with Crippen molar-refractivity contribution < 1.29 is 26.4 Å². The van der Waals surface area contributed by atoms with Gasteiger partial charge < -0.3 is 5.32 Å². The molecule has 0 aliphatic carbocycles. The summed E-state index contributed by atoms with van der Waals surface area (Å²) in [6.45, 7) is 0.276.